The monoisotopic (exact) mass is 288 g/mol. The molecule has 0 aromatic heterocycles. The van der Waals surface area contributed by atoms with Crippen molar-refractivity contribution < 1.29 is 24.5 Å². The third-order valence-electron chi connectivity index (χ3n) is 3.31. The molecular weight excluding hydrogens is 264 g/mol. The largest absolute Gasteiger partial charge is 0.396 e. The quantitative estimate of drug-likeness (QED) is 0.407. The number of aliphatic hydroxyl groups excluding tert-OH is 2. The minimum Gasteiger partial charge on any atom is -0.396 e. The van der Waals surface area contributed by atoms with E-state index in [1.165, 1.54) is 0 Å². The lowest BCUT2D eigenvalue weighted by molar-refractivity contribution is -0.148. The van der Waals surface area contributed by atoms with Crippen molar-refractivity contribution in [2.24, 2.45) is 0 Å². The summed E-state index contributed by atoms with van der Waals surface area (Å²) in [6.45, 7) is 1.24. The molecule has 1 atom stereocenters. The fraction of sp³-hybridized carbons (Fsp3) is 0.846. The number of hydrogen-bond acceptors (Lipinski definition) is 5. The van der Waals surface area contributed by atoms with Crippen molar-refractivity contribution in [2.45, 2.75) is 31.7 Å². The van der Waals surface area contributed by atoms with E-state index >= 15 is 0 Å². The number of nitrogens with zero attached hydrogens (tertiary/aromatic N) is 1. The van der Waals surface area contributed by atoms with Crippen LogP contribution in [-0.2, 0) is 14.3 Å². The molecule has 116 valence electrons. The first kappa shape index (κ1) is 16.9. The first-order valence-electron chi connectivity index (χ1n) is 7.09. The molecule has 3 N–H and O–H groups in total. The van der Waals surface area contributed by atoms with Gasteiger partial charge in [0, 0.05) is 25.7 Å². The molecule has 1 saturated heterocycles. The summed E-state index contributed by atoms with van der Waals surface area (Å²) >= 11 is 0. The zero-order valence-electron chi connectivity index (χ0n) is 11.7. The smallest absolute Gasteiger partial charge is 0.312 e. The first-order chi connectivity index (χ1) is 9.70. The van der Waals surface area contributed by atoms with Crippen LogP contribution in [0.4, 0.5) is 0 Å². The van der Waals surface area contributed by atoms with Crippen LogP contribution in [0.15, 0.2) is 0 Å². The van der Waals surface area contributed by atoms with Gasteiger partial charge in [0.05, 0.1) is 19.8 Å². The van der Waals surface area contributed by atoms with Gasteiger partial charge in [-0.25, -0.2) is 0 Å². The highest BCUT2D eigenvalue weighted by atomic mass is 16.5. The van der Waals surface area contributed by atoms with E-state index in [1.54, 1.807) is 4.90 Å². The summed E-state index contributed by atoms with van der Waals surface area (Å²) in [6, 6.07) is -0.0439. The van der Waals surface area contributed by atoms with Crippen LogP contribution in [0.2, 0.25) is 0 Å². The van der Waals surface area contributed by atoms with Crippen molar-refractivity contribution >= 4 is 11.8 Å². The second-order valence-electron chi connectivity index (χ2n) is 4.75. The molecule has 1 unspecified atom stereocenters. The van der Waals surface area contributed by atoms with Crippen LogP contribution in [0.5, 0.6) is 0 Å². The Morgan fingerprint density at radius 1 is 1.20 bits per heavy atom. The van der Waals surface area contributed by atoms with E-state index in [0.29, 0.717) is 13.0 Å². The predicted octanol–water partition coefficient (Wildman–Crippen LogP) is -1.12. The van der Waals surface area contributed by atoms with Crippen molar-refractivity contribution in [3.8, 4) is 0 Å². The van der Waals surface area contributed by atoms with Crippen LogP contribution in [0.1, 0.15) is 25.7 Å². The van der Waals surface area contributed by atoms with E-state index in [4.69, 9.17) is 14.9 Å². The van der Waals surface area contributed by atoms with Crippen molar-refractivity contribution in [1.82, 2.24) is 10.2 Å². The van der Waals surface area contributed by atoms with Gasteiger partial charge in [0.2, 0.25) is 0 Å². The number of carbonyl (C=O) groups excluding carboxylic acids is 2. The molecular formula is C13H24N2O5. The van der Waals surface area contributed by atoms with Crippen LogP contribution < -0.4 is 5.32 Å². The summed E-state index contributed by atoms with van der Waals surface area (Å²) in [7, 11) is 0. The minimum absolute atomic E-state index is 0.0189. The summed E-state index contributed by atoms with van der Waals surface area (Å²) < 4.78 is 5.00. The molecule has 7 nitrogen and oxygen atoms in total. The molecule has 1 heterocycles. The maximum absolute atomic E-state index is 12.1. The summed E-state index contributed by atoms with van der Waals surface area (Å²) in [5.41, 5.74) is 0. The van der Waals surface area contributed by atoms with Crippen LogP contribution in [0, 0.1) is 0 Å². The molecule has 20 heavy (non-hydrogen) atoms. The van der Waals surface area contributed by atoms with Gasteiger partial charge in [-0.05, 0) is 25.7 Å². The Labute approximate surface area is 118 Å². The molecule has 0 bridgehead atoms. The molecule has 0 spiro atoms. The molecule has 7 heteroatoms. The zero-order chi connectivity index (χ0) is 14.8. The van der Waals surface area contributed by atoms with E-state index in [-0.39, 0.29) is 39.0 Å². The molecule has 0 saturated carbocycles. The zero-order valence-corrected chi connectivity index (χ0v) is 11.7. The van der Waals surface area contributed by atoms with E-state index in [0.717, 1.165) is 19.3 Å². The van der Waals surface area contributed by atoms with Crippen LogP contribution in [0.25, 0.3) is 0 Å². The van der Waals surface area contributed by atoms with Crippen molar-refractivity contribution in [3.63, 3.8) is 0 Å². The Bertz CT molecular complexity index is 309. The number of rotatable bonds is 7. The SMILES string of the molecule is O=C(NCCOCCO)C(=O)N1CCCCC1CCO. The van der Waals surface area contributed by atoms with Gasteiger partial charge in [-0.15, -0.1) is 0 Å². The molecule has 0 aliphatic carbocycles. The summed E-state index contributed by atoms with van der Waals surface area (Å²) in [4.78, 5) is 25.4. The van der Waals surface area contributed by atoms with Gasteiger partial charge in [0.25, 0.3) is 0 Å². The van der Waals surface area contributed by atoms with Gasteiger partial charge in [-0.2, -0.15) is 0 Å². The number of nitrogens with one attached hydrogen (secondary N) is 1. The number of aliphatic hydroxyl groups is 2. The minimum atomic E-state index is -0.637. The van der Waals surface area contributed by atoms with Crippen molar-refractivity contribution in [2.75, 3.05) is 39.5 Å². The normalized spacial score (nSPS) is 18.9. The average molecular weight is 288 g/mol. The fourth-order valence-electron chi connectivity index (χ4n) is 2.33. The maximum Gasteiger partial charge on any atom is 0.312 e. The van der Waals surface area contributed by atoms with Crippen LogP contribution >= 0.6 is 0 Å². The molecule has 0 radical (unpaired) electrons. The molecule has 2 amide bonds. The number of ether oxygens (including phenoxy) is 1. The molecule has 1 aliphatic heterocycles. The number of likely N-dealkylation sites (tertiary alicyclic amines) is 1. The Balaban J connectivity index is 2.35. The molecule has 0 aromatic rings. The third-order valence-corrected chi connectivity index (χ3v) is 3.31. The molecule has 1 aliphatic rings. The average Bonchev–Trinajstić information content (AvgIpc) is 2.47. The standard InChI is InChI=1S/C13H24N2O5/c16-7-4-11-3-1-2-6-15(11)13(19)12(18)14-5-9-20-10-8-17/h11,16-17H,1-10H2,(H,14,18). The Morgan fingerprint density at radius 2 is 2.00 bits per heavy atom. The van der Waals surface area contributed by atoms with Crippen molar-refractivity contribution in [3.05, 3.63) is 0 Å². The second kappa shape index (κ2) is 9.68. The number of amides is 2. The fourth-order valence-corrected chi connectivity index (χ4v) is 2.33. The van der Waals surface area contributed by atoms with E-state index in [1.807, 2.05) is 0 Å². The maximum atomic E-state index is 12.1. The van der Waals surface area contributed by atoms with Gasteiger partial charge in [-0.3, -0.25) is 9.59 Å². The lowest BCUT2D eigenvalue weighted by atomic mass is 9.99. The highest BCUT2D eigenvalue weighted by Crippen LogP contribution is 2.19. The highest BCUT2D eigenvalue weighted by molar-refractivity contribution is 6.35. The molecule has 1 fully saturated rings. The topological polar surface area (TPSA) is 99.1 Å². The second-order valence-corrected chi connectivity index (χ2v) is 4.75. The van der Waals surface area contributed by atoms with Crippen LogP contribution in [-0.4, -0.2) is 72.5 Å². The Kier molecular flexibility index (Phi) is 8.17. The lowest BCUT2D eigenvalue weighted by Gasteiger charge is -2.35. The van der Waals surface area contributed by atoms with Gasteiger partial charge in [0.15, 0.2) is 0 Å². The number of carbonyl (C=O) groups is 2. The Morgan fingerprint density at radius 3 is 2.70 bits per heavy atom. The lowest BCUT2D eigenvalue weighted by Crippen LogP contribution is -2.50. The summed E-state index contributed by atoms with van der Waals surface area (Å²) in [6.07, 6.45) is 3.25. The molecule has 1 rings (SSSR count). The highest BCUT2D eigenvalue weighted by Gasteiger charge is 2.29. The van der Waals surface area contributed by atoms with Crippen molar-refractivity contribution in [1.29, 1.82) is 0 Å². The van der Waals surface area contributed by atoms with Gasteiger partial charge in [-0.1, -0.05) is 0 Å². The summed E-state index contributed by atoms with van der Waals surface area (Å²) in [5.74, 6) is -1.17. The van der Waals surface area contributed by atoms with E-state index in [2.05, 4.69) is 5.32 Å². The summed E-state index contributed by atoms with van der Waals surface area (Å²) in [5, 5.41) is 20.0. The van der Waals surface area contributed by atoms with E-state index in [9.17, 15) is 9.59 Å². The van der Waals surface area contributed by atoms with E-state index < -0.39 is 11.8 Å². The number of hydrogen-bond donors (Lipinski definition) is 3. The third kappa shape index (κ3) is 5.44. The van der Waals surface area contributed by atoms with Gasteiger partial charge < -0.3 is 25.2 Å². The Hall–Kier alpha value is -1.18. The van der Waals surface area contributed by atoms with Gasteiger partial charge in [0.1, 0.15) is 0 Å². The van der Waals surface area contributed by atoms with Crippen LogP contribution in [0.3, 0.4) is 0 Å². The molecule has 0 aromatic carbocycles. The predicted molar refractivity (Wildman–Crippen MR) is 72.0 cm³/mol. The first-order valence-corrected chi connectivity index (χ1v) is 7.09. The number of piperidine rings is 1. The van der Waals surface area contributed by atoms with Gasteiger partial charge >= 0.3 is 11.8 Å².